The van der Waals surface area contributed by atoms with Crippen molar-refractivity contribution in [3.05, 3.63) is 35.9 Å². The Morgan fingerprint density at radius 3 is 2.40 bits per heavy atom. The molecule has 1 aromatic carbocycles. The van der Waals surface area contributed by atoms with Gasteiger partial charge < -0.3 is 0 Å². The minimum atomic E-state index is -0.0133. The van der Waals surface area contributed by atoms with Crippen molar-refractivity contribution in [2.75, 3.05) is 0 Å². The van der Waals surface area contributed by atoms with Crippen LogP contribution in [0.3, 0.4) is 0 Å². The Morgan fingerprint density at radius 2 is 1.90 bits per heavy atom. The Balaban J connectivity index is 2.85. The Morgan fingerprint density at radius 1 is 1.30 bits per heavy atom. The maximum absolute atomic E-state index is 10.9. The second-order valence-corrected chi connectivity index (χ2v) is 1.99. The Bertz CT molecular complexity index is 218. The third-order valence-corrected chi connectivity index (χ3v) is 1.28. The summed E-state index contributed by atoms with van der Waals surface area (Å²) in [5, 5.41) is 0. The van der Waals surface area contributed by atoms with Crippen molar-refractivity contribution >= 4 is 13.6 Å². The van der Waals surface area contributed by atoms with Crippen LogP contribution in [0.1, 0.15) is 10.4 Å². The molecule has 1 nitrogen and oxygen atoms in total. The first-order valence-corrected chi connectivity index (χ1v) is 3.13. The highest BCUT2D eigenvalue weighted by atomic mass is 16.1. The molecule has 0 saturated carbocycles. The summed E-state index contributed by atoms with van der Waals surface area (Å²) in [6.45, 7) is 0. The average molecular weight is 130 g/mol. The lowest BCUT2D eigenvalue weighted by molar-refractivity contribution is 0.101. The van der Waals surface area contributed by atoms with E-state index in [-0.39, 0.29) is 12.1 Å². The molecule has 0 fully saturated rings. The zero-order valence-corrected chi connectivity index (χ0v) is 5.58. The van der Waals surface area contributed by atoms with Crippen LogP contribution in [0.5, 0.6) is 0 Å². The van der Waals surface area contributed by atoms with Gasteiger partial charge in [0, 0.05) is 5.56 Å². The molecule has 0 saturated heterocycles. The molecule has 10 heavy (non-hydrogen) atoms. The highest BCUT2D eigenvalue weighted by Crippen LogP contribution is 2.00. The molecule has 0 unspecified atom stereocenters. The summed E-state index contributed by atoms with van der Waals surface area (Å²) in [6, 6.07) is 9.03. The number of hydrogen-bond acceptors (Lipinski definition) is 1. The summed E-state index contributed by atoms with van der Waals surface area (Å²) in [5.41, 5.74) is 0.685. The van der Waals surface area contributed by atoms with Crippen LogP contribution in [0.25, 0.3) is 0 Å². The zero-order chi connectivity index (χ0) is 7.40. The molecule has 2 heteroatoms. The fraction of sp³-hybridized carbons (Fsp3) is 0.125. The van der Waals surface area contributed by atoms with Crippen LogP contribution >= 0.6 is 0 Å². The van der Waals surface area contributed by atoms with Gasteiger partial charge in [0.2, 0.25) is 0 Å². The van der Waals surface area contributed by atoms with Gasteiger partial charge in [0.25, 0.3) is 0 Å². The van der Waals surface area contributed by atoms with E-state index in [1.54, 1.807) is 12.1 Å². The monoisotopic (exact) mass is 130 g/mol. The Hall–Kier alpha value is -1.05. The van der Waals surface area contributed by atoms with Crippen LogP contribution in [0.2, 0.25) is 6.32 Å². The van der Waals surface area contributed by atoms with E-state index in [9.17, 15) is 4.79 Å². The minimum absolute atomic E-state index is 0.0133. The number of carbonyl (C=O) groups is 1. The fourth-order valence-corrected chi connectivity index (χ4v) is 0.742. The summed E-state index contributed by atoms with van der Waals surface area (Å²) in [7, 11) is 5.15. The van der Waals surface area contributed by atoms with Gasteiger partial charge in [-0.1, -0.05) is 30.3 Å². The van der Waals surface area contributed by atoms with Crippen molar-refractivity contribution in [3.8, 4) is 0 Å². The van der Waals surface area contributed by atoms with Crippen molar-refractivity contribution in [3.63, 3.8) is 0 Å². The minimum Gasteiger partial charge on any atom is -0.295 e. The summed E-state index contributed by atoms with van der Waals surface area (Å²) >= 11 is 0. The van der Waals surface area contributed by atoms with E-state index in [0.717, 1.165) is 0 Å². The second-order valence-electron chi connectivity index (χ2n) is 1.99. The molecule has 1 rings (SSSR count). The van der Waals surface area contributed by atoms with Gasteiger partial charge in [-0.05, 0) is 6.32 Å². The van der Waals surface area contributed by atoms with Gasteiger partial charge in [0.15, 0.2) is 5.78 Å². The largest absolute Gasteiger partial charge is 0.295 e. The SMILES string of the molecule is [B]CC(=O)c1ccccc1. The molecule has 48 valence electrons. The van der Waals surface area contributed by atoms with E-state index < -0.39 is 0 Å². The summed E-state index contributed by atoms with van der Waals surface area (Å²) in [4.78, 5) is 10.9. The van der Waals surface area contributed by atoms with E-state index in [0.29, 0.717) is 5.56 Å². The maximum Gasteiger partial charge on any atom is 0.154 e. The molecule has 0 bridgehead atoms. The van der Waals surface area contributed by atoms with Gasteiger partial charge in [0.1, 0.15) is 0 Å². The normalized spacial score (nSPS) is 9.20. The number of benzene rings is 1. The zero-order valence-electron chi connectivity index (χ0n) is 5.58. The molecule has 0 N–H and O–H groups in total. The van der Waals surface area contributed by atoms with Crippen LogP contribution in [0.15, 0.2) is 30.3 Å². The van der Waals surface area contributed by atoms with Gasteiger partial charge >= 0.3 is 0 Å². The molecule has 0 spiro atoms. The lowest BCUT2D eigenvalue weighted by Crippen LogP contribution is -1.95. The molecule has 2 radical (unpaired) electrons. The molecular weight excluding hydrogens is 123 g/mol. The van der Waals surface area contributed by atoms with Gasteiger partial charge in [-0.15, -0.1) is 0 Å². The van der Waals surface area contributed by atoms with Crippen molar-refractivity contribution < 1.29 is 4.79 Å². The van der Waals surface area contributed by atoms with Crippen LogP contribution < -0.4 is 0 Å². The van der Waals surface area contributed by atoms with E-state index in [1.807, 2.05) is 18.2 Å². The van der Waals surface area contributed by atoms with Crippen LogP contribution in [0, 0.1) is 0 Å². The number of carbonyl (C=O) groups excluding carboxylic acids is 1. The van der Waals surface area contributed by atoms with Crippen LogP contribution in [-0.4, -0.2) is 13.6 Å². The number of hydrogen-bond donors (Lipinski definition) is 0. The first-order chi connectivity index (χ1) is 4.84. The summed E-state index contributed by atoms with van der Waals surface area (Å²) < 4.78 is 0. The molecule has 0 aliphatic rings. The van der Waals surface area contributed by atoms with Crippen molar-refractivity contribution in [2.24, 2.45) is 0 Å². The topological polar surface area (TPSA) is 17.1 Å². The van der Waals surface area contributed by atoms with Crippen molar-refractivity contribution in [2.45, 2.75) is 6.32 Å². The molecular formula is C8H7BO. The van der Waals surface area contributed by atoms with Gasteiger partial charge in [-0.3, -0.25) is 4.79 Å². The van der Waals surface area contributed by atoms with Crippen LogP contribution in [-0.2, 0) is 0 Å². The van der Waals surface area contributed by atoms with E-state index in [4.69, 9.17) is 7.85 Å². The standard InChI is InChI=1S/C8H7BO/c9-6-8(10)7-4-2-1-3-5-7/h1-5H,6H2. The van der Waals surface area contributed by atoms with Gasteiger partial charge in [-0.2, -0.15) is 0 Å². The van der Waals surface area contributed by atoms with Crippen LogP contribution in [0.4, 0.5) is 0 Å². The molecule has 0 heterocycles. The van der Waals surface area contributed by atoms with Gasteiger partial charge in [0.05, 0.1) is 7.85 Å². The lowest BCUT2D eigenvalue weighted by atomic mass is 9.96. The number of Topliss-reactive ketones (excluding diaryl/α,β-unsaturated/α-hetero) is 1. The third-order valence-electron chi connectivity index (χ3n) is 1.28. The second kappa shape index (κ2) is 3.21. The number of ketones is 1. The Labute approximate surface area is 61.5 Å². The van der Waals surface area contributed by atoms with E-state index >= 15 is 0 Å². The fourth-order valence-electron chi connectivity index (χ4n) is 0.742. The van der Waals surface area contributed by atoms with E-state index in [2.05, 4.69) is 0 Å². The summed E-state index contributed by atoms with van der Waals surface area (Å²) in [5.74, 6) is -0.0133. The first-order valence-electron chi connectivity index (χ1n) is 3.13. The van der Waals surface area contributed by atoms with E-state index in [1.165, 1.54) is 0 Å². The molecule has 0 aromatic heterocycles. The summed E-state index contributed by atoms with van der Waals surface area (Å²) in [6.07, 6.45) is 0.0873. The van der Waals surface area contributed by atoms with Crippen molar-refractivity contribution in [1.29, 1.82) is 0 Å². The quantitative estimate of drug-likeness (QED) is 0.437. The van der Waals surface area contributed by atoms with Gasteiger partial charge in [-0.25, -0.2) is 0 Å². The molecule has 0 aliphatic heterocycles. The predicted octanol–water partition coefficient (Wildman–Crippen LogP) is 1.46. The smallest absolute Gasteiger partial charge is 0.154 e. The molecule has 0 atom stereocenters. The number of rotatable bonds is 2. The molecule has 0 amide bonds. The Kier molecular flexibility index (Phi) is 2.27. The first kappa shape index (κ1) is 7.07. The lowest BCUT2D eigenvalue weighted by Gasteiger charge is -1.93. The molecule has 0 aliphatic carbocycles. The highest BCUT2D eigenvalue weighted by molar-refractivity contribution is 6.23. The maximum atomic E-state index is 10.9. The van der Waals surface area contributed by atoms with Crippen molar-refractivity contribution in [1.82, 2.24) is 0 Å². The highest BCUT2D eigenvalue weighted by Gasteiger charge is 1.98. The third kappa shape index (κ3) is 1.47. The average Bonchev–Trinajstić information content (AvgIpc) is 2.05. The predicted molar refractivity (Wildman–Crippen MR) is 41.3 cm³/mol. The molecule has 1 aromatic rings.